The van der Waals surface area contributed by atoms with Crippen LogP contribution in [0.5, 0.6) is 0 Å². The standard InChI is InChI=1S/C17H19ClFN3O.CH4/c1-8-15(22-16(20-8)21-9(2)23)14-13(17(14,3)4)10-5-6-12(19)11(18)7-10;/h5-7,13-14H,1-4H3,(H2,20,21,22,23);1H4/t13-,14+;/m1./s1. The molecule has 1 heterocycles. The Kier molecular flexibility index (Phi) is 4.77. The molecule has 2 N–H and O–H groups in total. The Balaban J connectivity index is 0.00000208. The minimum Gasteiger partial charge on any atom is -0.328 e. The summed E-state index contributed by atoms with van der Waals surface area (Å²) in [4.78, 5) is 18.8. The summed E-state index contributed by atoms with van der Waals surface area (Å²) in [6, 6.07) is 4.88. The molecule has 0 aliphatic heterocycles. The van der Waals surface area contributed by atoms with E-state index in [1.807, 2.05) is 6.92 Å². The van der Waals surface area contributed by atoms with Gasteiger partial charge in [0, 0.05) is 18.5 Å². The third-order valence-corrected chi connectivity index (χ3v) is 4.93. The number of nitrogens with one attached hydrogen (secondary N) is 2. The molecule has 0 bridgehead atoms. The average Bonchev–Trinajstić information content (AvgIpc) is 2.81. The Hall–Kier alpha value is -1.88. The van der Waals surface area contributed by atoms with E-state index in [2.05, 4.69) is 29.1 Å². The third-order valence-electron chi connectivity index (χ3n) is 4.64. The number of nitrogens with zero attached hydrogens (tertiary/aromatic N) is 1. The fraction of sp³-hybridized carbons (Fsp3) is 0.444. The summed E-state index contributed by atoms with van der Waals surface area (Å²) in [7, 11) is 0. The summed E-state index contributed by atoms with van der Waals surface area (Å²) in [5.41, 5.74) is 2.87. The average molecular weight is 352 g/mol. The lowest BCUT2D eigenvalue weighted by Crippen LogP contribution is -2.07. The molecular formula is C18H23ClFN3O. The maximum absolute atomic E-state index is 13.4. The summed E-state index contributed by atoms with van der Waals surface area (Å²) >= 11 is 5.92. The number of halogens is 2. The molecule has 6 heteroatoms. The smallest absolute Gasteiger partial charge is 0.223 e. The molecule has 1 aliphatic carbocycles. The van der Waals surface area contributed by atoms with Crippen molar-refractivity contribution in [2.24, 2.45) is 5.41 Å². The summed E-state index contributed by atoms with van der Waals surface area (Å²) in [5.74, 6) is 0.302. The second kappa shape index (κ2) is 6.20. The molecular weight excluding hydrogens is 329 g/mol. The highest BCUT2D eigenvalue weighted by Gasteiger charge is 2.60. The van der Waals surface area contributed by atoms with Gasteiger partial charge in [-0.2, -0.15) is 0 Å². The number of imidazole rings is 1. The number of carbonyl (C=O) groups excluding carboxylic acids is 1. The van der Waals surface area contributed by atoms with Gasteiger partial charge < -0.3 is 4.98 Å². The Morgan fingerprint density at radius 2 is 2.04 bits per heavy atom. The van der Waals surface area contributed by atoms with Gasteiger partial charge in [-0.25, -0.2) is 9.37 Å². The van der Waals surface area contributed by atoms with Crippen molar-refractivity contribution in [2.45, 2.75) is 47.0 Å². The second-order valence-corrected chi connectivity index (χ2v) is 7.13. The zero-order valence-electron chi connectivity index (χ0n) is 13.5. The van der Waals surface area contributed by atoms with Gasteiger partial charge in [0.25, 0.3) is 0 Å². The zero-order chi connectivity index (χ0) is 16.9. The molecule has 0 unspecified atom stereocenters. The highest BCUT2D eigenvalue weighted by Crippen LogP contribution is 2.70. The number of rotatable bonds is 3. The molecule has 1 aromatic heterocycles. The normalized spacial score (nSPS) is 21.1. The van der Waals surface area contributed by atoms with Crippen molar-refractivity contribution in [3.63, 3.8) is 0 Å². The lowest BCUT2D eigenvalue weighted by molar-refractivity contribution is -0.114. The van der Waals surface area contributed by atoms with E-state index in [-0.39, 0.29) is 35.6 Å². The van der Waals surface area contributed by atoms with Gasteiger partial charge in [-0.15, -0.1) is 0 Å². The topological polar surface area (TPSA) is 57.8 Å². The van der Waals surface area contributed by atoms with Gasteiger partial charge in [-0.05, 0) is 36.0 Å². The van der Waals surface area contributed by atoms with Crippen molar-refractivity contribution in [2.75, 3.05) is 5.32 Å². The number of aromatic nitrogens is 2. The Bertz CT molecular complexity index is 785. The van der Waals surface area contributed by atoms with Gasteiger partial charge in [-0.1, -0.05) is 38.9 Å². The van der Waals surface area contributed by atoms with E-state index < -0.39 is 5.82 Å². The number of carbonyl (C=O) groups is 1. The lowest BCUT2D eigenvalue weighted by atomic mass is 10.0. The van der Waals surface area contributed by atoms with E-state index in [0.29, 0.717) is 5.95 Å². The zero-order valence-corrected chi connectivity index (χ0v) is 14.3. The van der Waals surface area contributed by atoms with E-state index in [0.717, 1.165) is 17.0 Å². The van der Waals surface area contributed by atoms with Crippen molar-refractivity contribution in [3.8, 4) is 0 Å². The molecule has 0 spiro atoms. The van der Waals surface area contributed by atoms with Crippen molar-refractivity contribution in [1.29, 1.82) is 0 Å². The maximum Gasteiger partial charge on any atom is 0.223 e. The number of anilines is 1. The van der Waals surface area contributed by atoms with Crippen molar-refractivity contribution < 1.29 is 9.18 Å². The monoisotopic (exact) mass is 351 g/mol. The molecule has 0 radical (unpaired) electrons. The number of H-pyrrole nitrogens is 1. The first-order chi connectivity index (χ1) is 10.7. The quantitative estimate of drug-likeness (QED) is 0.816. The first kappa shape index (κ1) is 18.5. The van der Waals surface area contributed by atoms with Crippen LogP contribution in [-0.2, 0) is 4.79 Å². The van der Waals surface area contributed by atoms with Crippen LogP contribution in [0.25, 0.3) is 0 Å². The van der Waals surface area contributed by atoms with Gasteiger partial charge in [0.1, 0.15) is 5.82 Å². The van der Waals surface area contributed by atoms with Gasteiger partial charge in [0.05, 0.1) is 10.7 Å². The number of aryl methyl sites for hydroxylation is 1. The Labute approximate surface area is 146 Å². The molecule has 3 rings (SSSR count). The lowest BCUT2D eigenvalue weighted by Gasteiger charge is -2.03. The molecule has 1 fully saturated rings. The summed E-state index contributed by atoms with van der Waals surface area (Å²) in [5, 5.41) is 2.81. The SMILES string of the molecule is C.CC(=O)Nc1nc([C@@H]2[C@@H](c3ccc(F)c(Cl)c3)C2(C)C)c(C)[nH]1. The molecule has 1 aromatic carbocycles. The summed E-state index contributed by atoms with van der Waals surface area (Å²) in [6.07, 6.45) is 0. The van der Waals surface area contributed by atoms with Crippen LogP contribution in [0.2, 0.25) is 5.02 Å². The molecule has 4 nitrogen and oxygen atoms in total. The summed E-state index contributed by atoms with van der Waals surface area (Å²) in [6.45, 7) is 7.70. The molecule has 24 heavy (non-hydrogen) atoms. The number of amides is 1. The molecule has 1 saturated carbocycles. The third kappa shape index (κ3) is 3.05. The van der Waals surface area contributed by atoms with Gasteiger partial charge in [0.15, 0.2) is 0 Å². The second-order valence-electron chi connectivity index (χ2n) is 6.73. The number of aromatic amines is 1. The Morgan fingerprint density at radius 1 is 1.38 bits per heavy atom. The minimum absolute atomic E-state index is 0. The Morgan fingerprint density at radius 3 is 2.62 bits per heavy atom. The predicted octanol–water partition coefficient (Wildman–Crippen LogP) is 5.01. The van der Waals surface area contributed by atoms with Crippen LogP contribution in [0.1, 0.15) is 57.0 Å². The fourth-order valence-corrected chi connectivity index (χ4v) is 3.67. The van der Waals surface area contributed by atoms with Gasteiger partial charge >= 0.3 is 0 Å². The highest BCUT2D eigenvalue weighted by atomic mass is 35.5. The highest BCUT2D eigenvalue weighted by molar-refractivity contribution is 6.30. The van der Waals surface area contributed by atoms with Crippen LogP contribution >= 0.6 is 11.6 Å². The molecule has 1 amide bonds. The molecule has 130 valence electrons. The fourth-order valence-electron chi connectivity index (χ4n) is 3.48. The van der Waals surface area contributed by atoms with Crippen LogP contribution in [-0.4, -0.2) is 15.9 Å². The predicted molar refractivity (Wildman–Crippen MR) is 95.0 cm³/mol. The van der Waals surface area contributed by atoms with E-state index in [9.17, 15) is 9.18 Å². The molecule has 2 aromatic rings. The minimum atomic E-state index is -0.408. The van der Waals surface area contributed by atoms with Crippen LogP contribution in [0.4, 0.5) is 10.3 Å². The van der Waals surface area contributed by atoms with Crippen molar-refractivity contribution >= 4 is 23.5 Å². The van der Waals surface area contributed by atoms with Crippen LogP contribution in [0.15, 0.2) is 18.2 Å². The molecule has 1 aliphatic rings. The van der Waals surface area contributed by atoms with E-state index in [1.54, 1.807) is 12.1 Å². The first-order valence-corrected chi connectivity index (χ1v) is 7.88. The maximum atomic E-state index is 13.4. The summed E-state index contributed by atoms with van der Waals surface area (Å²) < 4.78 is 13.4. The van der Waals surface area contributed by atoms with Crippen molar-refractivity contribution in [3.05, 3.63) is 46.0 Å². The molecule has 0 saturated heterocycles. The largest absolute Gasteiger partial charge is 0.328 e. The number of hydrogen-bond acceptors (Lipinski definition) is 2. The number of benzene rings is 1. The van der Waals surface area contributed by atoms with Crippen molar-refractivity contribution in [1.82, 2.24) is 9.97 Å². The van der Waals surface area contributed by atoms with E-state index in [4.69, 9.17) is 11.6 Å². The van der Waals surface area contributed by atoms with Crippen LogP contribution in [0, 0.1) is 18.2 Å². The molecule has 2 atom stereocenters. The van der Waals surface area contributed by atoms with Gasteiger partial charge in [0.2, 0.25) is 11.9 Å². The first-order valence-electron chi connectivity index (χ1n) is 7.51. The van der Waals surface area contributed by atoms with Gasteiger partial charge in [-0.3, -0.25) is 10.1 Å². The van der Waals surface area contributed by atoms with E-state index >= 15 is 0 Å². The van der Waals surface area contributed by atoms with Crippen LogP contribution < -0.4 is 5.32 Å². The van der Waals surface area contributed by atoms with Crippen LogP contribution in [0.3, 0.4) is 0 Å². The number of hydrogen-bond donors (Lipinski definition) is 2. The van der Waals surface area contributed by atoms with E-state index in [1.165, 1.54) is 13.0 Å².